The van der Waals surface area contributed by atoms with Gasteiger partial charge in [-0.05, 0) is 72.4 Å². The third-order valence-electron chi connectivity index (χ3n) is 6.98. The van der Waals surface area contributed by atoms with E-state index in [0.29, 0.717) is 48.7 Å². The van der Waals surface area contributed by atoms with Crippen molar-refractivity contribution < 1.29 is 19.1 Å². The summed E-state index contributed by atoms with van der Waals surface area (Å²) >= 11 is 0. The van der Waals surface area contributed by atoms with Crippen LogP contribution in [0.3, 0.4) is 0 Å². The summed E-state index contributed by atoms with van der Waals surface area (Å²) in [4.78, 5) is 30.5. The van der Waals surface area contributed by atoms with Crippen molar-refractivity contribution >= 4 is 34.1 Å². The molecule has 8 nitrogen and oxygen atoms in total. The van der Waals surface area contributed by atoms with Crippen LogP contribution in [-0.4, -0.2) is 31.0 Å². The SMILES string of the molecule is COc1cc2nccc(Cc3ccc(NC(=O)C4(C(=O)Nc5cccc(CN)c5)CC4)cc3)c2cc1OC. The lowest BCUT2D eigenvalue weighted by atomic mass is 10.0. The highest BCUT2D eigenvalue weighted by atomic mass is 16.5. The second kappa shape index (κ2) is 10.5. The van der Waals surface area contributed by atoms with Gasteiger partial charge in [0.25, 0.3) is 0 Å². The van der Waals surface area contributed by atoms with Crippen LogP contribution in [0.1, 0.15) is 29.5 Å². The third-order valence-corrected chi connectivity index (χ3v) is 6.98. The third kappa shape index (κ3) is 5.03. The van der Waals surface area contributed by atoms with Gasteiger partial charge < -0.3 is 25.8 Å². The molecule has 4 N–H and O–H groups in total. The molecule has 1 heterocycles. The van der Waals surface area contributed by atoms with Crippen molar-refractivity contribution in [2.45, 2.75) is 25.8 Å². The summed E-state index contributed by atoms with van der Waals surface area (Å²) < 4.78 is 10.9. The topological polar surface area (TPSA) is 116 Å². The zero-order valence-electron chi connectivity index (χ0n) is 21.4. The van der Waals surface area contributed by atoms with Crippen LogP contribution in [0.4, 0.5) is 11.4 Å². The fourth-order valence-corrected chi connectivity index (χ4v) is 4.57. The highest BCUT2D eigenvalue weighted by Gasteiger charge is 2.56. The van der Waals surface area contributed by atoms with Crippen molar-refractivity contribution in [3.05, 3.63) is 89.6 Å². The van der Waals surface area contributed by atoms with Crippen molar-refractivity contribution in [2.75, 3.05) is 24.9 Å². The van der Waals surface area contributed by atoms with Crippen molar-refractivity contribution in [1.29, 1.82) is 0 Å². The summed E-state index contributed by atoms with van der Waals surface area (Å²) in [5, 5.41) is 6.78. The summed E-state index contributed by atoms with van der Waals surface area (Å²) in [7, 11) is 3.22. The summed E-state index contributed by atoms with van der Waals surface area (Å²) in [5.74, 6) is 0.699. The summed E-state index contributed by atoms with van der Waals surface area (Å²) in [6, 6.07) is 20.8. The van der Waals surface area contributed by atoms with E-state index in [1.54, 1.807) is 26.5 Å². The number of amides is 2. The average Bonchev–Trinajstić information content (AvgIpc) is 3.76. The molecule has 4 aromatic rings. The molecule has 1 aromatic heterocycles. The maximum Gasteiger partial charge on any atom is 0.240 e. The number of hydrogen-bond acceptors (Lipinski definition) is 6. The average molecular weight is 511 g/mol. The number of carbonyl (C=O) groups is 2. The number of hydrogen-bond donors (Lipinski definition) is 3. The molecule has 1 saturated carbocycles. The summed E-state index contributed by atoms with van der Waals surface area (Å²) in [6.07, 6.45) is 3.49. The Morgan fingerprint density at radius 1 is 0.868 bits per heavy atom. The van der Waals surface area contributed by atoms with E-state index in [2.05, 4.69) is 15.6 Å². The quantitative estimate of drug-likeness (QED) is 0.282. The summed E-state index contributed by atoms with van der Waals surface area (Å²) in [6.45, 7) is 0.381. The van der Waals surface area contributed by atoms with Crippen molar-refractivity contribution in [2.24, 2.45) is 11.1 Å². The Labute approximate surface area is 221 Å². The number of benzene rings is 3. The normalized spacial score (nSPS) is 13.6. The number of aromatic nitrogens is 1. The molecule has 8 heteroatoms. The molecule has 0 radical (unpaired) electrons. The molecule has 1 aliphatic rings. The molecule has 0 unspecified atom stereocenters. The first-order valence-corrected chi connectivity index (χ1v) is 12.5. The van der Waals surface area contributed by atoms with Gasteiger partial charge in [0.15, 0.2) is 11.5 Å². The summed E-state index contributed by atoms with van der Waals surface area (Å²) in [5.41, 5.74) is 9.84. The van der Waals surface area contributed by atoms with Crippen LogP contribution in [-0.2, 0) is 22.6 Å². The Hall–Kier alpha value is -4.43. The number of methoxy groups -OCH3 is 2. The molecule has 0 atom stereocenters. The number of nitrogens with one attached hydrogen (secondary N) is 2. The van der Waals surface area contributed by atoms with Gasteiger partial charge >= 0.3 is 0 Å². The Bertz CT molecular complexity index is 1500. The first-order chi connectivity index (χ1) is 18.5. The second-order valence-corrected chi connectivity index (χ2v) is 9.46. The van der Waals surface area contributed by atoms with E-state index < -0.39 is 5.41 Å². The van der Waals surface area contributed by atoms with Gasteiger partial charge in [0.2, 0.25) is 11.8 Å². The van der Waals surface area contributed by atoms with Gasteiger partial charge in [-0.25, -0.2) is 0 Å². The minimum atomic E-state index is -1.05. The van der Waals surface area contributed by atoms with Crippen LogP contribution in [0.25, 0.3) is 10.9 Å². The van der Waals surface area contributed by atoms with Crippen molar-refractivity contribution in [3.8, 4) is 11.5 Å². The lowest BCUT2D eigenvalue weighted by Gasteiger charge is -2.16. The van der Waals surface area contributed by atoms with Gasteiger partial charge in [0.05, 0.1) is 19.7 Å². The van der Waals surface area contributed by atoms with Gasteiger partial charge in [0.1, 0.15) is 5.41 Å². The number of rotatable bonds is 9. The minimum Gasteiger partial charge on any atom is -0.493 e. The zero-order chi connectivity index (χ0) is 26.7. The number of carbonyl (C=O) groups excluding carboxylic acids is 2. The first-order valence-electron chi connectivity index (χ1n) is 12.5. The van der Waals surface area contributed by atoms with E-state index >= 15 is 0 Å². The molecule has 3 aromatic carbocycles. The molecular weight excluding hydrogens is 480 g/mol. The van der Waals surface area contributed by atoms with Crippen molar-refractivity contribution in [1.82, 2.24) is 4.98 Å². The number of nitrogens with two attached hydrogens (primary N) is 1. The predicted molar refractivity (Wildman–Crippen MR) is 147 cm³/mol. The number of fused-ring (bicyclic) bond motifs is 1. The Balaban J connectivity index is 1.27. The van der Waals surface area contributed by atoms with Gasteiger partial charge in [0, 0.05) is 35.6 Å². The molecule has 5 rings (SSSR count). The van der Waals surface area contributed by atoms with Crippen LogP contribution in [0.15, 0.2) is 72.9 Å². The maximum absolute atomic E-state index is 13.1. The Kier molecular flexibility index (Phi) is 6.98. The fraction of sp³-hybridized carbons (Fsp3) is 0.233. The predicted octanol–water partition coefficient (Wildman–Crippen LogP) is 4.66. The van der Waals surface area contributed by atoms with Crippen LogP contribution in [0.5, 0.6) is 11.5 Å². The smallest absolute Gasteiger partial charge is 0.240 e. The van der Waals surface area contributed by atoms with Gasteiger partial charge in [-0.15, -0.1) is 0 Å². The molecule has 1 aliphatic carbocycles. The molecule has 0 saturated heterocycles. The molecule has 1 fully saturated rings. The second-order valence-electron chi connectivity index (χ2n) is 9.46. The molecule has 194 valence electrons. The van der Waals surface area contributed by atoms with Gasteiger partial charge in [-0.3, -0.25) is 14.6 Å². The number of anilines is 2. The van der Waals surface area contributed by atoms with Crippen molar-refractivity contribution in [3.63, 3.8) is 0 Å². The first kappa shape index (κ1) is 25.2. The molecule has 0 bridgehead atoms. The Morgan fingerprint density at radius 2 is 1.55 bits per heavy atom. The van der Waals surface area contributed by atoms with Crippen LogP contribution < -0.4 is 25.8 Å². The van der Waals surface area contributed by atoms with E-state index in [4.69, 9.17) is 15.2 Å². The van der Waals surface area contributed by atoms with Gasteiger partial charge in [-0.1, -0.05) is 24.3 Å². The molecule has 38 heavy (non-hydrogen) atoms. The van der Waals surface area contributed by atoms with E-state index in [0.717, 1.165) is 27.6 Å². The van der Waals surface area contributed by atoms with Gasteiger partial charge in [-0.2, -0.15) is 0 Å². The molecule has 0 spiro atoms. The van der Waals surface area contributed by atoms with E-state index in [9.17, 15) is 9.59 Å². The van der Waals surface area contributed by atoms with Crippen LogP contribution in [0.2, 0.25) is 0 Å². The van der Waals surface area contributed by atoms with Crippen LogP contribution >= 0.6 is 0 Å². The lowest BCUT2D eigenvalue weighted by molar-refractivity contribution is -0.131. The zero-order valence-corrected chi connectivity index (χ0v) is 21.4. The largest absolute Gasteiger partial charge is 0.493 e. The lowest BCUT2D eigenvalue weighted by Crippen LogP contribution is -2.35. The maximum atomic E-state index is 13.1. The van der Waals surface area contributed by atoms with Crippen LogP contribution in [0, 0.1) is 5.41 Å². The van der Waals surface area contributed by atoms with E-state index in [-0.39, 0.29) is 11.8 Å². The molecule has 2 amide bonds. The number of nitrogens with zero attached hydrogens (tertiary/aromatic N) is 1. The number of ether oxygens (including phenoxy) is 2. The van der Waals surface area contributed by atoms with E-state index in [1.165, 1.54) is 0 Å². The molecular formula is C30H30N4O4. The highest BCUT2D eigenvalue weighted by Crippen LogP contribution is 2.47. The minimum absolute atomic E-state index is 0.293. The number of pyridine rings is 1. The highest BCUT2D eigenvalue weighted by molar-refractivity contribution is 6.16. The standard InChI is InChI=1S/C30H30N4O4/c1-37-26-16-24-21(10-13-32-25(24)17-27(26)38-2)14-19-6-8-22(9-7-19)33-28(35)30(11-12-30)29(36)34-23-5-3-4-20(15-23)18-31/h3-10,13,15-17H,11-12,14,18,31H2,1-2H3,(H,33,35)(H,34,36). The Morgan fingerprint density at radius 3 is 2.21 bits per heavy atom. The monoisotopic (exact) mass is 510 g/mol. The molecule has 0 aliphatic heterocycles. The fourth-order valence-electron chi connectivity index (χ4n) is 4.57. The van der Waals surface area contributed by atoms with E-state index in [1.807, 2.05) is 60.7 Å².